The van der Waals surface area contributed by atoms with Crippen molar-refractivity contribution in [2.75, 3.05) is 6.61 Å². The van der Waals surface area contributed by atoms with Gasteiger partial charge in [-0.3, -0.25) is 0 Å². The van der Waals surface area contributed by atoms with Crippen molar-refractivity contribution in [3.8, 4) is 0 Å². The average molecular weight is 209 g/mol. The van der Waals surface area contributed by atoms with Gasteiger partial charge in [-0.2, -0.15) is 0 Å². The summed E-state index contributed by atoms with van der Waals surface area (Å²) in [6.45, 7) is 2.13. The molecular formula is C11H15NO3. The Balaban J connectivity index is 2.19. The zero-order valence-corrected chi connectivity index (χ0v) is 8.68. The highest BCUT2D eigenvalue weighted by molar-refractivity contribution is 5.64. The van der Waals surface area contributed by atoms with Crippen LogP contribution in [0.5, 0.6) is 0 Å². The van der Waals surface area contributed by atoms with Gasteiger partial charge in [-0.15, -0.1) is 0 Å². The molecule has 0 bridgehead atoms. The van der Waals surface area contributed by atoms with Crippen LogP contribution in [0.4, 0.5) is 4.79 Å². The van der Waals surface area contributed by atoms with Gasteiger partial charge < -0.3 is 15.2 Å². The van der Waals surface area contributed by atoms with Gasteiger partial charge in [-0.25, -0.2) is 4.79 Å². The van der Waals surface area contributed by atoms with Crippen molar-refractivity contribution >= 4 is 6.09 Å². The highest BCUT2D eigenvalue weighted by Crippen LogP contribution is 2.01. The van der Waals surface area contributed by atoms with Gasteiger partial charge in [0.15, 0.2) is 0 Å². The van der Waals surface area contributed by atoms with Gasteiger partial charge in [-0.05, 0) is 18.9 Å². The number of benzene rings is 1. The summed E-state index contributed by atoms with van der Waals surface area (Å²) >= 11 is 0. The molecule has 0 spiro atoms. The molecule has 82 valence electrons. The highest BCUT2D eigenvalue weighted by atomic mass is 16.7. The van der Waals surface area contributed by atoms with Crippen LogP contribution < -0.4 is 5.73 Å². The first-order valence-electron chi connectivity index (χ1n) is 4.80. The van der Waals surface area contributed by atoms with Gasteiger partial charge in [-0.1, -0.05) is 30.3 Å². The van der Waals surface area contributed by atoms with Crippen LogP contribution in [0, 0.1) is 0 Å². The Morgan fingerprint density at radius 3 is 2.67 bits per heavy atom. The van der Waals surface area contributed by atoms with E-state index in [9.17, 15) is 4.79 Å². The standard InChI is InChI=1S/C11H15NO3/c1-9(15-11(12)13)14-8-7-10-5-3-2-4-6-10/h2-6,9H,7-8H2,1H3,(H2,12,13). The van der Waals surface area contributed by atoms with E-state index < -0.39 is 12.4 Å². The summed E-state index contributed by atoms with van der Waals surface area (Å²) in [4.78, 5) is 10.4. The molecule has 0 saturated heterocycles. The highest BCUT2D eigenvalue weighted by Gasteiger charge is 2.04. The summed E-state index contributed by atoms with van der Waals surface area (Å²) in [6, 6.07) is 9.94. The zero-order chi connectivity index (χ0) is 11.1. The summed E-state index contributed by atoms with van der Waals surface area (Å²) in [7, 11) is 0. The largest absolute Gasteiger partial charge is 0.420 e. The second-order valence-corrected chi connectivity index (χ2v) is 3.11. The molecule has 4 heteroatoms. The van der Waals surface area contributed by atoms with E-state index in [0.29, 0.717) is 6.61 Å². The van der Waals surface area contributed by atoms with E-state index in [2.05, 4.69) is 4.74 Å². The smallest absolute Gasteiger partial charge is 0.406 e. The number of ether oxygens (including phenoxy) is 2. The fourth-order valence-corrected chi connectivity index (χ4v) is 1.19. The number of amides is 1. The van der Waals surface area contributed by atoms with Crippen LogP contribution in [0.3, 0.4) is 0 Å². The van der Waals surface area contributed by atoms with Crippen molar-refractivity contribution in [1.29, 1.82) is 0 Å². The topological polar surface area (TPSA) is 61.6 Å². The first kappa shape index (κ1) is 11.5. The third-order valence-corrected chi connectivity index (χ3v) is 1.87. The van der Waals surface area contributed by atoms with Gasteiger partial charge in [0, 0.05) is 0 Å². The minimum absolute atomic E-state index is 0.498. The van der Waals surface area contributed by atoms with E-state index >= 15 is 0 Å². The van der Waals surface area contributed by atoms with Crippen molar-refractivity contribution in [3.63, 3.8) is 0 Å². The first-order valence-corrected chi connectivity index (χ1v) is 4.80. The fourth-order valence-electron chi connectivity index (χ4n) is 1.19. The molecule has 0 aromatic heterocycles. The number of hydrogen-bond donors (Lipinski definition) is 1. The molecule has 0 aliphatic heterocycles. The van der Waals surface area contributed by atoms with Crippen molar-refractivity contribution in [2.24, 2.45) is 5.73 Å². The maximum absolute atomic E-state index is 10.4. The molecule has 4 nitrogen and oxygen atoms in total. The monoisotopic (exact) mass is 209 g/mol. The lowest BCUT2D eigenvalue weighted by molar-refractivity contribution is -0.0875. The van der Waals surface area contributed by atoms with E-state index in [4.69, 9.17) is 10.5 Å². The number of carbonyl (C=O) groups is 1. The first-order chi connectivity index (χ1) is 7.18. The molecule has 0 saturated carbocycles. The van der Waals surface area contributed by atoms with Crippen LogP contribution in [0.1, 0.15) is 12.5 Å². The van der Waals surface area contributed by atoms with Gasteiger partial charge in [0.1, 0.15) is 0 Å². The van der Waals surface area contributed by atoms with E-state index in [-0.39, 0.29) is 0 Å². The second-order valence-electron chi connectivity index (χ2n) is 3.11. The summed E-state index contributed by atoms with van der Waals surface area (Å²) in [5, 5.41) is 0. The lowest BCUT2D eigenvalue weighted by Crippen LogP contribution is -2.23. The van der Waals surface area contributed by atoms with Crippen LogP contribution in [-0.4, -0.2) is 19.0 Å². The molecule has 2 N–H and O–H groups in total. The van der Waals surface area contributed by atoms with Crippen molar-refractivity contribution in [3.05, 3.63) is 35.9 Å². The second kappa shape index (κ2) is 6.03. The van der Waals surface area contributed by atoms with E-state index in [1.807, 2.05) is 30.3 Å². The van der Waals surface area contributed by atoms with Crippen LogP contribution >= 0.6 is 0 Å². The predicted molar refractivity (Wildman–Crippen MR) is 56.2 cm³/mol. The van der Waals surface area contributed by atoms with Gasteiger partial charge in [0.25, 0.3) is 0 Å². The lowest BCUT2D eigenvalue weighted by atomic mass is 10.2. The van der Waals surface area contributed by atoms with Gasteiger partial charge in [0.2, 0.25) is 6.29 Å². The fraction of sp³-hybridized carbons (Fsp3) is 0.364. The molecule has 1 aromatic rings. The summed E-state index contributed by atoms with van der Waals surface area (Å²) in [6.07, 6.45) is -0.624. The molecule has 0 aliphatic rings. The number of rotatable bonds is 5. The van der Waals surface area contributed by atoms with Crippen LogP contribution in [0.15, 0.2) is 30.3 Å². The Bertz CT molecular complexity index is 300. The maximum atomic E-state index is 10.4. The molecule has 0 fully saturated rings. The molecule has 1 rings (SSSR count). The van der Waals surface area contributed by atoms with Crippen molar-refractivity contribution in [2.45, 2.75) is 19.6 Å². The molecule has 0 radical (unpaired) electrons. The Hall–Kier alpha value is -1.55. The summed E-state index contributed by atoms with van der Waals surface area (Å²) in [5.41, 5.74) is 6.02. The van der Waals surface area contributed by atoms with Crippen LogP contribution in [0.2, 0.25) is 0 Å². The molecule has 1 aromatic carbocycles. The third-order valence-electron chi connectivity index (χ3n) is 1.87. The van der Waals surface area contributed by atoms with E-state index in [1.165, 1.54) is 5.56 Å². The molecule has 0 aliphatic carbocycles. The third kappa shape index (κ3) is 5.02. The zero-order valence-electron chi connectivity index (χ0n) is 8.68. The Morgan fingerprint density at radius 2 is 2.07 bits per heavy atom. The number of primary amides is 1. The predicted octanol–water partition coefficient (Wildman–Crippen LogP) is 1.69. The Kier molecular flexibility index (Phi) is 4.63. The molecule has 1 atom stereocenters. The number of hydrogen-bond acceptors (Lipinski definition) is 3. The summed E-state index contributed by atoms with van der Waals surface area (Å²) < 4.78 is 9.84. The minimum Gasteiger partial charge on any atom is -0.420 e. The normalized spacial score (nSPS) is 12.1. The Morgan fingerprint density at radius 1 is 1.40 bits per heavy atom. The van der Waals surface area contributed by atoms with E-state index in [1.54, 1.807) is 6.92 Å². The minimum atomic E-state index is -0.817. The van der Waals surface area contributed by atoms with Crippen LogP contribution in [0.25, 0.3) is 0 Å². The van der Waals surface area contributed by atoms with Crippen molar-refractivity contribution in [1.82, 2.24) is 0 Å². The van der Waals surface area contributed by atoms with Crippen LogP contribution in [-0.2, 0) is 15.9 Å². The molecule has 0 heterocycles. The summed E-state index contributed by atoms with van der Waals surface area (Å²) in [5.74, 6) is 0. The quantitative estimate of drug-likeness (QED) is 0.750. The maximum Gasteiger partial charge on any atom is 0.406 e. The van der Waals surface area contributed by atoms with Gasteiger partial charge in [0.05, 0.1) is 6.61 Å². The Labute approximate surface area is 89.0 Å². The molecule has 1 unspecified atom stereocenters. The van der Waals surface area contributed by atoms with E-state index in [0.717, 1.165) is 6.42 Å². The SMILES string of the molecule is CC(OCCc1ccccc1)OC(N)=O. The molecule has 1 amide bonds. The molecule has 15 heavy (non-hydrogen) atoms. The number of carbonyl (C=O) groups excluding carboxylic acids is 1. The lowest BCUT2D eigenvalue weighted by Gasteiger charge is -2.12. The molecular weight excluding hydrogens is 194 g/mol. The average Bonchev–Trinajstić information content (AvgIpc) is 2.18. The number of nitrogens with two attached hydrogens (primary N) is 1. The van der Waals surface area contributed by atoms with Crippen molar-refractivity contribution < 1.29 is 14.3 Å². The van der Waals surface area contributed by atoms with Gasteiger partial charge >= 0.3 is 6.09 Å².